The third-order valence-electron chi connectivity index (χ3n) is 5.89. The summed E-state index contributed by atoms with van der Waals surface area (Å²) in [6.45, 7) is 3.06. The van der Waals surface area contributed by atoms with E-state index in [-0.39, 0.29) is 11.6 Å². The summed E-state index contributed by atoms with van der Waals surface area (Å²) in [7, 11) is 0. The number of ether oxygens (including phenoxy) is 4. The van der Waals surface area contributed by atoms with Gasteiger partial charge < -0.3 is 18.9 Å². The summed E-state index contributed by atoms with van der Waals surface area (Å²) >= 11 is 0. The maximum atomic E-state index is 11.2. The van der Waals surface area contributed by atoms with Crippen molar-refractivity contribution in [1.29, 1.82) is 0 Å². The molecule has 0 amide bonds. The minimum atomic E-state index is -0.334. The van der Waals surface area contributed by atoms with Gasteiger partial charge in [0.05, 0.1) is 26.4 Å². The second-order valence-electron chi connectivity index (χ2n) is 8.06. The Morgan fingerprint density at radius 2 is 0.815 bits per heavy atom. The lowest BCUT2D eigenvalue weighted by Crippen LogP contribution is -2.41. The molecule has 0 atom stereocenters. The Hall–Kier alpha value is -0.820. The maximum absolute atomic E-state index is 11.2. The van der Waals surface area contributed by atoms with Crippen LogP contribution in [-0.4, -0.2) is 49.6 Å². The highest BCUT2D eigenvalue weighted by Crippen LogP contribution is 2.33. The quantitative estimate of drug-likeness (QED) is 0.636. The van der Waals surface area contributed by atoms with Crippen LogP contribution in [0.2, 0.25) is 0 Å². The third kappa shape index (κ3) is 6.34. The highest BCUT2D eigenvalue weighted by atomic mass is 16.7. The smallest absolute Gasteiger partial charge is 0.168 e. The van der Waals surface area contributed by atoms with E-state index >= 15 is 0 Å². The molecule has 27 heavy (non-hydrogen) atoms. The monoisotopic (exact) mass is 382 g/mol. The molecule has 2 heterocycles. The van der Waals surface area contributed by atoms with Gasteiger partial charge in [0.15, 0.2) is 11.6 Å². The van der Waals surface area contributed by atoms with Gasteiger partial charge in [-0.15, -0.1) is 0 Å². The van der Waals surface area contributed by atoms with E-state index < -0.39 is 0 Å². The zero-order valence-electron chi connectivity index (χ0n) is 16.5. The van der Waals surface area contributed by atoms with Gasteiger partial charge in [0.25, 0.3) is 0 Å². The van der Waals surface area contributed by atoms with Crippen molar-refractivity contribution < 1.29 is 28.5 Å². The molecule has 6 nitrogen and oxygen atoms in total. The van der Waals surface area contributed by atoms with Gasteiger partial charge in [-0.05, 0) is 32.1 Å². The Morgan fingerprint density at radius 1 is 0.481 bits per heavy atom. The summed E-state index contributed by atoms with van der Waals surface area (Å²) in [5, 5.41) is 0. The van der Waals surface area contributed by atoms with E-state index in [1.165, 1.54) is 0 Å². The van der Waals surface area contributed by atoms with Gasteiger partial charge in [0.2, 0.25) is 0 Å². The van der Waals surface area contributed by atoms with Gasteiger partial charge in [-0.25, -0.2) is 0 Å². The number of Topliss-reactive ketones (excluding diaryl/α,β-unsaturated/α-hetero) is 2. The summed E-state index contributed by atoms with van der Waals surface area (Å²) in [5.41, 5.74) is 0. The molecular weight excluding hydrogens is 348 g/mol. The number of carbonyl (C=O) groups is 2. The molecule has 2 saturated carbocycles. The molecule has 4 rings (SSSR count). The predicted molar refractivity (Wildman–Crippen MR) is 99.3 cm³/mol. The molecule has 0 unspecified atom stereocenters. The fraction of sp³-hybridized carbons (Fsp3) is 0.905. The molecule has 2 aliphatic heterocycles. The molecular formula is C21H34O6. The molecule has 4 aliphatic rings. The van der Waals surface area contributed by atoms with Crippen LogP contribution in [0.5, 0.6) is 0 Å². The van der Waals surface area contributed by atoms with E-state index in [4.69, 9.17) is 18.9 Å². The zero-order chi connectivity index (χ0) is 19.0. The van der Waals surface area contributed by atoms with Crippen LogP contribution in [-0.2, 0) is 28.5 Å². The van der Waals surface area contributed by atoms with Gasteiger partial charge in [0, 0.05) is 51.4 Å². The Morgan fingerprint density at radius 3 is 1.19 bits per heavy atom. The first kappa shape index (κ1) is 20.9. The molecule has 0 bridgehead atoms. The van der Waals surface area contributed by atoms with Gasteiger partial charge in [-0.3, -0.25) is 9.59 Å². The largest absolute Gasteiger partial charge is 0.350 e. The van der Waals surface area contributed by atoms with Gasteiger partial charge in [0.1, 0.15) is 11.6 Å². The Kier molecular flexibility index (Phi) is 7.82. The molecule has 0 aromatic rings. The van der Waals surface area contributed by atoms with E-state index in [1.54, 1.807) is 0 Å². The molecule has 2 saturated heterocycles. The fourth-order valence-electron chi connectivity index (χ4n) is 4.41. The second kappa shape index (κ2) is 10.1. The zero-order valence-corrected chi connectivity index (χ0v) is 16.5. The molecule has 0 aromatic carbocycles. The van der Waals surface area contributed by atoms with E-state index in [1.807, 2.05) is 0 Å². The summed E-state index contributed by atoms with van der Waals surface area (Å²) < 4.78 is 22.7. The van der Waals surface area contributed by atoms with E-state index in [9.17, 15) is 9.59 Å². The van der Waals surface area contributed by atoms with Crippen molar-refractivity contribution in [1.82, 2.24) is 0 Å². The van der Waals surface area contributed by atoms with E-state index in [0.717, 1.165) is 71.0 Å². The van der Waals surface area contributed by atoms with E-state index in [0.29, 0.717) is 50.5 Å². The highest BCUT2D eigenvalue weighted by molar-refractivity contribution is 5.78. The van der Waals surface area contributed by atoms with Crippen LogP contribution in [0.15, 0.2) is 0 Å². The van der Waals surface area contributed by atoms with Crippen LogP contribution in [0.3, 0.4) is 0 Å². The lowest BCUT2D eigenvalue weighted by atomic mass is 9.94. The minimum absolute atomic E-state index is 0.319. The lowest BCUT2D eigenvalue weighted by molar-refractivity contribution is -0.274. The summed E-state index contributed by atoms with van der Waals surface area (Å²) in [4.78, 5) is 22.4. The van der Waals surface area contributed by atoms with Crippen LogP contribution in [0, 0.1) is 0 Å². The van der Waals surface area contributed by atoms with Crippen LogP contribution in [0.25, 0.3) is 0 Å². The maximum Gasteiger partial charge on any atom is 0.168 e. The lowest BCUT2D eigenvalue weighted by Gasteiger charge is -2.38. The fourth-order valence-corrected chi connectivity index (χ4v) is 4.41. The van der Waals surface area contributed by atoms with Crippen molar-refractivity contribution in [2.75, 3.05) is 26.4 Å². The summed E-state index contributed by atoms with van der Waals surface area (Å²) in [6, 6.07) is 0. The SMILES string of the molecule is O=C1CCCC2(CCC1)OCCCO2.O=C1CCCC2(CCC1)OCCO2. The number of carbonyl (C=O) groups excluding carboxylic acids is 2. The van der Waals surface area contributed by atoms with Crippen molar-refractivity contribution in [2.24, 2.45) is 0 Å². The molecule has 4 fully saturated rings. The summed E-state index contributed by atoms with van der Waals surface area (Å²) in [6.07, 6.45) is 11.0. The first-order valence-electron chi connectivity index (χ1n) is 10.7. The number of ketones is 2. The van der Waals surface area contributed by atoms with E-state index in [2.05, 4.69) is 0 Å². The second-order valence-corrected chi connectivity index (χ2v) is 8.06. The molecule has 2 aliphatic carbocycles. The third-order valence-corrected chi connectivity index (χ3v) is 5.89. The molecule has 2 spiro atoms. The first-order chi connectivity index (χ1) is 13.1. The average molecular weight is 382 g/mol. The van der Waals surface area contributed by atoms with Crippen LogP contribution < -0.4 is 0 Å². The predicted octanol–water partition coefficient (Wildman–Crippen LogP) is 3.70. The number of hydrogen-bond donors (Lipinski definition) is 0. The van der Waals surface area contributed by atoms with Gasteiger partial charge >= 0.3 is 0 Å². The molecule has 154 valence electrons. The van der Waals surface area contributed by atoms with Crippen molar-refractivity contribution >= 4 is 11.6 Å². The van der Waals surface area contributed by atoms with Crippen LogP contribution in [0.1, 0.15) is 83.5 Å². The van der Waals surface area contributed by atoms with Crippen molar-refractivity contribution in [3.05, 3.63) is 0 Å². The van der Waals surface area contributed by atoms with Crippen molar-refractivity contribution in [3.8, 4) is 0 Å². The van der Waals surface area contributed by atoms with Gasteiger partial charge in [-0.1, -0.05) is 0 Å². The molecule has 6 heteroatoms. The van der Waals surface area contributed by atoms with Crippen molar-refractivity contribution in [2.45, 2.75) is 95.0 Å². The molecule has 0 radical (unpaired) electrons. The van der Waals surface area contributed by atoms with Crippen LogP contribution >= 0.6 is 0 Å². The van der Waals surface area contributed by atoms with Crippen molar-refractivity contribution in [3.63, 3.8) is 0 Å². The summed E-state index contributed by atoms with van der Waals surface area (Å²) in [5.74, 6) is 0.142. The average Bonchev–Trinajstić information content (AvgIpc) is 3.09. The number of hydrogen-bond acceptors (Lipinski definition) is 6. The standard InChI is InChI=1S/C11H18O3.C10H16O3/c12-10-4-1-6-11(7-2-5-10)13-8-3-9-14-11;11-9-3-1-5-10(6-2-4-9)12-7-8-13-10/h1-9H2;1-8H2. The number of rotatable bonds is 0. The first-order valence-corrected chi connectivity index (χ1v) is 10.7. The molecule has 0 aromatic heterocycles. The normalized spacial score (nSPS) is 28.6. The van der Waals surface area contributed by atoms with Crippen LogP contribution in [0.4, 0.5) is 0 Å². The highest BCUT2D eigenvalue weighted by Gasteiger charge is 2.37. The molecule has 0 N–H and O–H groups in total. The van der Waals surface area contributed by atoms with Gasteiger partial charge in [-0.2, -0.15) is 0 Å². The minimum Gasteiger partial charge on any atom is -0.350 e. The topological polar surface area (TPSA) is 71.1 Å². The Balaban J connectivity index is 0.000000156. The Bertz CT molecular complexity index is 463. The Labute approximate surface area is 162 Å².